The molecule has 0 bridgehead atoms. The van der Waals surface area contributed by atoms with Gasteiger partial charge in [-0.3, -0.25) is 0 Å². The van der Waals surface area contributed by atoms with Gasteiger partial charge in [-0.25, -0.2) is 4.39 Å². The number of hydrogen-bond donors (Lipinski definition) is 1. The van der Waals surface area contributed by atoms with Gasteiger partial charge in [0.2, 0.25) is 0 Å². The standard InChI is InChI=1S/C14H13BFO3/c1-2-18-14-8-7-12(9-13(14)16)19-11-5-3-10(15-17)4-6-11/h3-9,17H,2H2,1H3. The Labute approximate surface area is 111 Å². The van der Waals surface area contributed by atoms with Crippen LogP contribution in [0.5, 0.6) is 17.2 Å². The van der Waals surface area contributed by atoms with Crippen LogP contribution in [0.25, 0.3) is 0 Å². The zero-order chi connectivity index (χ0) is 13.7. The predicted molar refractivity (Wildman–Crippen MR) is 71.7 cm³/mol. The Morgan fingerprint density at radius 1 is 1.11 bits per heavy atom. The van der Waals surface area contributed by atoms with E-state index in [1.807, 2.05) is 0 Å². The van der Waals surface area contributed by atoms with Crippen LogP contribution in [0.15, 0.2) is 42.5 Å². The zero-order valence-electron chi connectivity index (χ0n) is 10.5. The third-order valence-corrected chi connectivity index (χ3v) is 2.47. The molecule has 0 aliphatic heterocycles. The fourth-order valence-corrected chi connectivity index (χ4v) is 1.58. The Morgan fingerprint density at radius 2 is 1.79 bits per heavy atom. The molecule has 0 aliphatic rings. The number of ether oxygens (including phenoxy) is 2. The van der Waals surface area contributed by atoms with Crippen molar-refractivity contribution in [2.24, 2.45) is 0 Å². The summed E-state index contributed by atoms with van der Waals surface area (Å²) in [5.74, 6) is 0.704. The molecule has 0 atom stereocenters. The van der Waals surface area contributed by atoms with Crippen molar-refractivity contribution in [3.8, 4) is 17.2 Å². The molecule has 97 valence electrons. The van der Waals surface area contributed by atoms with Gasteiger partial charge < -0.3 is 14.5 Å². The summed E-state index contributed by atoms with van der Waals surface area (Å²) in [7, 11) is 1.00. The molecule has 2 aromatic rings. The largest absolute Gasteiger partial charge is 0.491 e. The first kappa shape index (κ1) is 13.4. The highest BCUT2D eigenvalue weighted by molar-refractivity contribution is 6.45. The molecule has 0 aliphatic carbocycles. The molecule has 19 heavy (non-hydrogen) atoms. The molecule has 0 spiro atoms. The summed E-state index contributed by atoms with van der Waals surface area (Å²) in [6.45, 7) is 2.21. The van der Waals surface area contributed by atoms with Crippen molar-refractivity contribution in [1.82, 2.24) is 0 Å². The van der Waals surface area contributed by atoms with Crippen LogP contribution >= 0.6 is 0 Å². The van der Waals surface area contributed by atoms with E-state index in [2.05, 4.69) is 0 Å². The molecule has 0 heterocycles. The highest BCUT2D eigenvalue weighted by atomic mass is 19.1. The van der Waals surface area contributed by atoms with E-state index in [1.54, 1.807) is 37.3 Å². The van der Waals surface area contributed by atoms with Crippen molar-refractivity contribution in [1.29, 1.82) is 0 Å². The van der Waals surface area contributed by atoms with E-state index in [-0.39, 0.29) is 5.75 Å². The van der Waals surface area contributed by atoms with E-state index in [1.165, 1.54) is 12.1 Å². The maximum absolute atomic E-state index is 13.6. The molecule has 0 unspecified atom stereocenters. The molecule has 3 nitrogen and oxygen atoms in total. The predicted octanol–water partition coefficient (Wildman–Crippen LogP) is 2.25. The van der Waals surface area contributed by atoms with E-state index in [9.17, 15) is 4.39 Å². The van der Waals surface area contributed by atoms with Crippen molar-refractivity contribution in [3.05, 3.63) is 48.3 Å². The summed E-state index contributed by atoms with van der Waals surface area (Å²) in [5, 5.41) is 8.81. The number of benzene rings is 2. The summed E-state index contributed by atoms with van der Waals surface area (Å²) in [4.78, 5) is 0. The molecule has 1 N–H and O–H groups in total. The quantitative estimate of drug-likeness (QED) is 0.837. The molecule has 0 aromatic heterocycles. The summed E-state index contributed by atoms with van der Waals surface area (Å²) < 4.78 is 24.2. The van der Waals surface area contributed by atoms with Gasteiger partial charge in [-0.15, -0.1) is 0 Å². The van der Waals surface area contributed by atoms with Crippen LogP contribution in [0.2, 0.25) is 0 Å². The Morgan fingerprint density at radius 3 is 2.37 bits per heavy atom. The summed E-state index contributed by atoms with van der Waals surface area (Å²) in [6.07, 6.45) is 0. The van der Waals surface area contributed by atoms with E-state index < -0.39 is 5.82 Å². The molecule has 0 fully saturated rings. The summed E-state index contributed by atoms with van der Waals surface area (Å²) in [6, 6.07) is 11.2. The van der Waals surface area contributed by atoms with Gasteiger partial charge in [0.05, 0.1) is 6.61 Å². The van der Waals surface area contributed by atoms with Crippen LogP contribution in [0.3, 0.4) is 0 Å². The van der Waals surface area contributed by atoms with Crippen LogP contribution in [0.1, 0.15) is 6.92 Å². The van der Waals surface area contributed by atoms with Gasteiger partial charge in [0.15, 0.2) is 11.6 Å². The first-order valence-corrected chi connectivity index (χ1v) is 5.90. The molecule has 2 rings (SSSR count). The van der Waals surface area contributed by atoms with Crippen LogP contribution in [-0.4, -0.2) is 19.1 Å². The minimum Gasteiger partial charge on any atom is -0.491 e. The van der Waals surface area contributed by atoms with E-state index >= 15 is 0 Å². The van der Waals surface area contributed by atoms with E-state index in [4.69, 9.17) is 14.5 Å². The van der Waals surface area contributed by atoms with E-state index in [0.717, 1.165) is 7.48 Å². The monoisotopic (exact) mass is 259 g/mol. The second-order valence-corrected chi connectivity index (χ2v) is 3.83. The molecule has 1 radical (unpaired) electrons. The second-order valence-electron chi connectivity index (χ2n) is 3.83. The maximum atomic E-state index is 13.6. The second kappa shape index (κ2) is 6.25. The minimum atomic E-state index is -0.459. The van der Waals surface area contributed by atoms with Crippen molar-refractivity contribution in [2.45, 2.75) is 6.92 Å². The lowest BCUT2D eigenvalue weighted by atomic mass is 9.89. The van der Waals surface area contributed by atoms with Gasteiger partial charge in [0.1, 0.15) is 11.5 Å². The molecule has 5 heteroatoms. The van der Waals surface area contributed by atoms with E-state index in [0.29, 0.717) is 23.6 Å². The van der Waals surface area contributed by atoms with Gasteiger partial charge in [-0.1, -0.05) is 17.6 Å². The minimum absolute atomic E-state index is 0.208. The SMILES string of the molecule is CCOc1ccc(Oc2ccc([B]O)cc2)cc1F. The molecular formula is C14H13BFO3. The van der Waals surface area contributed by atoms with Gasteiger partial charge in [-0.05, 0) is 31.2 Å². The maximum Gasteiger partial charge on any atom is 0.326 e. The van der Waals surface area contributed by atoms with Gasteiger partial charge in [-0.2, -0.15) is 0 Å². The highest BCUT2D eigenvalue weighted by Gasteiger charge is 2.06. The Hall–Kier alpha value is -2.01. The third kappa shape index (κ3) is 3.48. The molecule has 0 saturated heterocycles. The molecular weight excluding hydrogens is 246 g/mol. The molecule has 0 amide bonds. The molecule has 2 aromatic carbocycles. The highest BCUT2D eigenvalue weighted by Crippen LogP contribution is 2.26. The zero-order valence-corrected chi connectivity index (χ0v) is 10.5. The lowest BCUT2D eigenvalue weighted by Gasteiger charge is -2.08. The third-order valence-electron chi connectivity index (χ3n) is 2.47. The lowest BCUT2D eigenvalue weighted by molar-refractivity contribution is 0.320. The topological polar surface area (TPSA) is 38.7 Å². The van der Waals surface area contributed by atoms with Gasteiger partial charge in [0, 0.05) is 6.07 Å². The lowest BCUT2D eigenvalue weighted by Crippen LogP contribution is -2.11. The molecule has 0 saturated carbocycles. The summed E-state index contributed by atoms with van der Waals surface area (Å²) in [5.41, 5.74) is 0.672. The summed E-state index contributed by atoms with van der Waals surface area (Å²) >= 11 is 0. The fraction of sp³-hybridized carbons (Fsp3) is 0.143. The number of hydrogen-bond acceptors (Lipinski definition) is 3. The first-order chi connectivity index (χ1) is 9.22. The van der Waals surface area contributed by atoms with Gasteiger partial charge >= 0.3 is 7.48 Å². The fourth-order valence-electron chi connectivity index (χ4n) is 1.58. The van der Waals surface area contributed by atoms with Crippen LogP contribution in [-0.2, 0) is 0 Å². The Bertz CT molecular complexity index is 543. The number of halogens is 1. The Kier molecular flexibility index (Phi) is 4.41. The average molecular weight is 259 g/mol. The van der Waals surface area contributed by atoms with Crippen LogP contribution in [0, 0.1) is 5.82 Å². The average Bonchev–Trinajstić information content (AvgIpc) is 2.43. The van der Waals surface area contributed by atoms with Crippen molar-refractivity contribution in [2.75, 3.05) is 6.61 Å². The van der Waals surface area contributed by atoms with Crippen LogP contribution < -0.4 is 14.9 Å². The van der Waals surface area contributed by atoms with Crippen molar-refractivity contribution < 1.29 is 18.9 Å². The Balaban J connectivity index is 2.11. The van der Waals surface area contributed by atoms with Crippen LogP contribution in [0.4, 0.5) is 4.39 Å². The smallest absolute Gasteiger partial charge is 0.326 e. The van der Waals surface area contributed by atoms with Gasteiger partial charge in [0.25, 0.3) is 0 Å². The first-order valence-electron chi connectivity index (χ1n) is 5.90. The van der Waals surface area contributed by atoms with Crippen molar-refractivity contribution >= 4 is 12.9 Å². The van der Waals surface area contributed by atoms with Crippen molar-refractivity contribution in [3.63, 3.8) is 0 Å². The number of rotatable bonds is 5. The normalized spacial score (nSPS) is 10.1.